The fraction of sp³-hybridized carbons (Fsp3) is 0.714. The lowest BCUT2D eigenvalue weighted by Crippen LogP contribution is -2.39. The van der Waals surface area contributed by atoms with Crippen LogP contribution in [0.1, 0.15) is 6.92 Å². The molecule has 0 aromatic carbocycles. The molecule has 1 nitrogen and oxygen atoms in total. The third kappa shape index (κ3) is 5.10. The minimum atomic E-state index is -3.98. The van der Waals surface area contributed by atoms with Crippen LogP contribution in [0, 0.1) is 0 Å². The van der Waals surface area contributed by atoms with Gasteiger partial charge in [-0.05, 0) is 12.5 Å². The summed E-state index contributed by atoms with van der Waals surface area (Å²) in [6.07, 6.45) is -3.64. The zero-order valence-electron chi connectivity index (χ0n) is 6.96. The van der Waals surface area contributed by atoms with E-state index in [1.54, 1.807) is 6.92 Å². The molecule has 0 aromatic rings. The first kappa shape index (κ1) is 12.7. The van der Waals surface area contributed by atoms with Gasteiger partial charge in [0.2, 0.25) is 0 Å². The third-order valence-corrected chi connectivity index (χ3v) is 1.64. The molecular formula is C7H10ClF4N. The zero-order valence-corrected chi connectivity index (χ0v) is 7.71. The molecule has 1 N–H and O–H groups in total. The Hall–Kier alpha value is -0.290. The molecule has 0 heterocycles. The highest BCUT2D eigenvalue weighted by molar-refractivity contribution is 6.25. The van der Waals surface area contributed by atoms with Crippen LogP contribution in [-0.4, -0.2) is 25.4 Å². The van der Waals surface area contributed by atoms with E-state index in [1.807, 2.05) is 0 Å². The van der Waals surface area contributed by atoms with Crippen molar-refractivity contribution in [3.8, 4) is 0 Å². The maximum absolute atomic E-state index is 12.2. The summed E-state index contributed by atoms with van der Waals surface area (Å²) in [6, 6.07) is 0. The van der Waals surface area contributed by atoms with Gasteiger partial charge in [-0.1, -0.05) is 11.6 Å². The van der Waals surface area contributed by atoms with E-state index in [-0.39, 0.29) is 6.54 Å². The summed E-state index contributed by atoms with van der Waals surface area (Å²) in [5.74, 6) is -3.98. The Morgan fingerprint density at radius 2 is 2.08 bits per heavy atom. The van der Waals surface area contributed by atoms with Crippen molar-refractivity contribution in [2.45, 2.75) is 19.3 Å². The molecule has 0 aliphatic rings. The smallest absolute Gasteiger partial charge is 0.307 e. The topological polar surface area (TPSA) is 12.0 Å². The van der Waals surface area contributed by atoms with Crippen LogP contribution < -0.4 is 5.32 Å². The van der Waals surface area contributed by atoms with E-state index in [1.165, 1.54) is 5.54 Å². The van der Waals surface area contributed by atoms with Crippen molar-refractivity contribution in [2.75, 3.05) is 13.1 Å². The first-order valence-corrected chi connectivity index (χ1v) is 3.96. The number of hydrogen-bond acceptors (Lipinski definition) is 1. The standard InChI is InChI=1S/C7H10ClF4N/c1-5(2-8)3-13-4-7(11,12)6(9)10/h2,6,13H,3-4H2,1H3. The fourth-order valence-electron chi connectivity index (χ4n) is 0.542. The second kappa shape index (κ2) is 5.44. The van der Waals surface area contributed by atoms with Gasteiger partial charge in [0.1, 0.15) is 0 Å². The second-order valence-corrected chi connectivity index (χ2v) is 2.84. The molecule has 0 spiro atoms. The summed E-state index contributed by atoms with van der Waals surface area (Å²) in [4.78, 5) is 0. The minimum Gasteiger partial charge on any atom is -0.307 e. The maximum atomic E-state index is 12.2. The fourth-order valence-corrected chi connectivity index (χ4v) is 0.619. The van der Waals surface area contributed by atoms with Crippen molar-refractivity contribution in [3.63, 3.8) is 0 Å². The predicted molar refractivity (Wildman–Crippen MR) is 43.4 cm³/mol. The number of nitrogens with one attached hydrogen (secondary N) is 1. The van der Waals surface area contributed by atoms with Gasteiger partial charge in [0.05, 0.1) is 6.54 Å². The van der Waals surface area contributed by atoms with Crippen LogP contribution in [-0.2, 0) is 0 Å². The Balaban J connectivity index is 3.76. The van der Waals surface area contributed by atoms with Crippen LogP contribution in [0.15, 0.2) is 11.1 Å². The second-order valence-electron chi connectivity index (χ2n) is 2.62. The molecule has 0 atom stereocenters. The van der Waals surface area contributed by atoms with Crippen molar-refractivity contribution in [1.29, 1.82) is 0 Å². The highest BCUT2D eigenvalue weighted by Gasteiger charge is 2.39. The van der Waals surface area contributed by atoms with Crippen LogP contribution in [0.5, 0.6) is 0 Å². The maximum Gasteiger partial charge on any atom is 0.319 e. The highest BCUT2D eigenvalue weighted by Crippen LogP contribution is 2.21. The van der Waals surface area contributed by atoms with Crippen LogP contribution >= 0.6 is 11.6 Å². The van der Waals surface area contributed by atoms with Crippen molar-refractivity contribution in [3.05, 3.63) is 11.1 Å². The molecule has 13 heavy (non-hydrogen) atoms. The van der Waals surface area contributed by atoms with Crippen LogP contribution in [0.4, 0.5) is 17.6 Å². The molecule has 0 saturated heterocycles. The van der Waals surface area contributed by atoms with E-state index in [9.17, 15) is 17.6 Å². The summed E-state index contributed by atoms with van der Waals surface area (Å²) < 4.78 is 47.6. The molecule has 0 unspecified atom stereocenters. The quantitative estimate of drug-likeness (QED) is 0.701. The summed E-state index contributed by atoms with van der Waals surface area (Å²) >= 11 is 5.23. The molecule has 0 aromatic heterocycles. The number of halogens is 5. The highest BCUT2D eigenvalue weighted by atomic mass is 35.5. The average molecular weight is 220 g/mol. The lowest BCUT2D eigenvalue weighted by atomic mass is 10.3. The summed E-state index contributed by atoms with van der Waals surface area (Å²) in [5, 5.41) is 2.17. The summed E-state index contributed by atoms with van der Waals surface area (Å²) in [7, 11) is 0. The van der Waals surface area contributed by atoms with Crippen molar-refractivity contribution in [1.82, 2.24) is 5.32 Å². The van der Waals surface area contributed by atoms with Gasteiger partial charge in [-0.2, -0.15) is 8.78 Å². The van der Waals surface area contributed by atoms with Gasteiger partial charge in [-0.25, -0.2) is 8.78 Å². The Morgan fingerprint density at radius 3 is 2.46 bits per heavy atom. The SMILES string of the molecule is CC(=CCl)CNCC(F)(F)C(F)F. The van der Waals surface area contributed by atoms with Gasteiger partial charge in [0, 0.05) is 12.1 Å². The first-order chi connectivity index (χ1) is 5.90. The Kier molecular flexibility index (Phi) is 5.32. The van der Waals surface area contributed by atoms with E-state index >= 15 is 0 Å². The van der Waals surface area contributed by atoms with Crippen molar-refractivity contribution in [2.24, 2.45) is 0 Å². The molecule has 6 heteroatoms. The van der Waals surface area contributed by atoms with Gasteiger partial charge in [0.15, 0.2) is 0 Å². The molecule has 0 aliphatic carbocycles. The number of rotatable bonds is 5. The van der Waals surface area contributed by atoms with Gasteiger partial charge < -0.3 is 5.32 Å². The van der Waals surface area contributed by atoms with Gasteiger partial charge in [-0.3, -0.25) is 0 Å². The molecule has 0 fully saturated rings. The average Bonchev–Trinajstić information content (AvgIpc) is 2.03. The van der Waals surface area contributed by atoms with E-state index in [0.717, 1.165) is 0 Å². The minimum absolute atomic E-state index is 0.0752. The number of hydrogen-bond donors (Lipinski definition) is 1. The predicted octanol–water partition coefficient (Wildman–Crippen LogP) is 2.62. The molecular weight excluding hydrogens is 210 g/mol. The van der Waals surface area contributed by atoms with Crippen molar-refractivity contribution < 1.29 is 17.6 Å². The molecule has 0 amide bonds. The van der Waals surface area contributed by atoms with E-state index in [4.69, 9.17) is 11.6 Å². The lowest BCUT2D eigenvalue weighted by Gasteiger charge is -2.15. The van der Waals surface area contributed by atoms with E-state index < -0.39 is 18.9 Å². The van der Waals surface area contributed by atoms with Crippen LogP contribution in [0.2, 0.25) is 0 Å². The number of alkyl halides is 4. The van der Waals surface area contributed by atoms with Crippen LogP contribution in [0.25, 0.3) is 0 Å². The Morgan fingerprint density at radius 1 is 1.54 bits per heavy atom. The third-order valence-electron chi connectivity index (χ3n) is 1.27. The Labute approximate surface area is 78.8 Å². The van der Waals surface area contributed by atoms with E-state index in [0.29, 0.717) is 5.57 Å². The van der Waals surface area contributed by atoms with E-state index in [2.05, 4.69) is 5.32 Å². The van der Waals surface area contributed by atoms with Crippen LogP contribution in [0.3, 0.4) is 0 Å². The molecule has 78 valence electrons. The monoisotopic (exact) mass is 219 g/mol. The normalized spacial score (nSPS) is 13.9. The zero-order chi connectivity index (χ0) is 10.5. The largest absolute Gasteiger partial charge is 0.319 e. The first-order valence-electron chi connectivity index (χ1n) is 3.52. The molecule has 0 rings (SSSR count). The molecule has 0 saturated carbocycles. The summed E-state index contributed by atoms with van der Waals surface area (Å²) in [5.41, 5.74) is 1.81. The molecule has 0 radical (unpaired) electrons. The lowest BCUT2D eigenvalue weighted by molar-refractivity contribution is -0.124. The summed E-state index contributed by atoms with van der Waals surface area (Å²) in [6.45, 7) is 0.624. The van der Waals surface area contributed by atoms with Gasteiger partial charge >= 0.3 is 12.3 Å². The Bertz CT molecular complexity index is 181. The molecule has 0 bridgehead atoms. The van der Waals surface area contributed by atoms with Crippen molar-refractivity contribution >= 4 is 11.6 Å². The molecule has 0 aliphatic heterocycles. The van der Waals surface area contributed by atoms with Gasteiger partial charge in [0.25, 0.3) is 0 Å². The van der Waals surface area contributed by atoms with Gasteiger partial charge in [-0.15, -0.1) is 0 Å².